The van der Waals surface area contributed by atoms with Gasteiger partial charge in [-0.1, -0.05) is 35.5 Å². The number of nitrogens with one attached hydrogen (secondary N) is 1. The Morgan fingerprint density at radius 3 is 2.44 bits per heavy atom. The molecule has 6 nitrogen and oxygen atoms in total. The molecule has 1 N–H and O–H groups in total. The molecule has 1 heterocycles. The molecule has 0 unspecified atom stereocenters. The summed E-state index contributed by atoms with van der Waals surface area (Å²) < 4.78 is 38.5. The van der Waals surface area contributed by atoms with Crippen molar-refractivity contribution in [2.45, 2.75) is 18.7 Å². The van der Waals surface area contributed by atoms with Crippen molar-refractivity contribution in [3.8, 4) is 16.9 Å². The first kappa shape index (κ1) is 17.0. The van der Waals surface area contributed by atoms with Gasteiger partial charge in [0.15, 0.2) is 0 Å². The fraction of sp³-hybridized carbons (Fsp3) is 0.167. The van der Waals surface area contributed by atoms with Crippen molar-refractivity contribution in [3.63, 3.8) is 0 Å². The molecule has 0 fully saturated rings. The van der Waals surface area contributed by atoms with Crippen molar-refractivity contribution in [2.24, 2.45) is 0 Å². The van der Waals surface area contributed by atoms with Gasteiger partial charge in [-0.25, -0.2) is 13.1 Å². The molecule has 0 aliphatic rings. The van der Waals surface area contributed by atoms with Crippen LogP contribution < -0.4 is 9.46 Å². The Balaban J connectivity index is 2.02. The summed E-state index contributed by atoms with van der Waals surface area (Å²) in [6.45, 7) is 3.74. The van der Waals surface area contributed by atoms with Gasteiger partial charge in [0.25, 0.3) is 10.0 Å². The molecule has 0 saturated heterocycles. The van der Waals surface area contributed by atoms with E-state index < -0.39 is 10.0 Å². The number of sulfonamides is 1. The molecule has 25 heavy (non-hydrogen) atoms. The normalized spacial score (nSPS) is 11.3. The molecule has 0 atom stereocenters. The van der Waals surface area contributed by atoms with Crippen molar-refractivity contribution in [1.29, 1.82) is 0 Å². The number of methoxy groups -OCH3 is 1. The van der Waals surface area contributed by atoms with E-state index >= 15 is 0 Å². The number of anilines is 1. The summed E-state index contributed by atoms with van der Waals surface area (Å²) in [5, 5.41) is 3.72. The van der Waals surface area contributed by atoms with Crippen LogP contribution in [0.1, 0.15) is 11.1 Å². The number of nitrogens with zero attached hydrogens (tertiary/aromatic N) is 1. The molecule has 1 aromatic heterocycles. The zero-order chi connectivity index (χ0) is 18.0. The van der Waals surface area contributed by atoms with Gasteiger partial charge in [0.2, 0.25) is 5.88 Å². The van der Waals surface area contributed by atoms with E-state index in [2.05, 4.69) is 9.88 Å². The van der Waals surface area contributed by atoms with Crippen molar-refractivity contribution < 1.29 is 17.7 Å². The summed E-state index contributed by atoms with van der Waals surface area (Å²) >= 11 is 0. The molecule has 0 aliphatic carbocycles. The first-order valence-electron chi connectivity index (χ1n) is 7.60. The van der Waals surface area contributed by atoms with E-state index in [1.807, 2.05) is 44.2 Å². The lowest BCUT2D eigenvalue weighted by Crippen LogP contribution is -2.14. The van der Waals surface area contributed by atoms with E-state index in [1.54, 1.807) is 12.1 Å². The van der Waals surface area contributed by atoms with Gasteiger partial charge in [0.1, 0.15) is 10.6 Å². The lowest BCUT2D eigenvalue weighted by atomic mass is 10.1. The van der Waals surface area contributed by atoms with E-state index in [4.69, 9.17) is 9.26 Å². The number of aromatic nitrogens is 1. The minimum atomic E-state index is -3.90. The van der Waals surface area contributed by atoms with Crippen molar-refractivity contribution in [2.75, 3.05) is 11.8 Å². The van der Waals surface area contributed by atoms with E-state index in [0.717, 1.165) is 16.7 Å². The molecular formula is C18H18N2O4S. The number of ether oxygens (including phenoxy) is 1. The van der Waals surface area contributed by atoms with Crippen LogP contribution >= 0.6 is 0 Å². The summed E-state index contributed by atoms with van der Waals surface area (Å²) in [5.74, 6) is 0.336. The highest BCUT2D eigenvalue weighted by Gasteiger charge is 2.24. The Hall–Kier alpha value is -2.80. The maximum absolute atomic E-state index is 12.8. The molecule has 0 radical (unpaired) electrons. The van der Waals surface area contributed by atoms with Gasteiger partial charge in [-0.2, -0.15) is 0 Å². The molecule has 130 valence electrons. The fourth-order valence-corrected chi connectivity index (χ4v) is 3.69. The van der Waals surface area contributed by atoms with Gasteiger partial charge in [0.05, 0.1) is 18.9 Å². The second-order valence-corrected chi connectivity index (χ2v) is 7.28. The molecule has 0 saturated carbocycles. The van der Waals surface area contributed by atoms with Gasteiger partial charge < -0.3 is 9.26 Å². The Kier molecular flexibility index (Phi) is 4.50. The first-order chi connectivity index (χ1) is 11.9. The zero-order valence-corrected chi connectivity index (χ0v) is 14.9. The maximum Gasteiger partial charge on any atom is 0.267 e. The standard InChI is InChI=1S/C18H18N2O4S/c1-12-9-16(23-3)17(10-13(12)2)25(21,22)20-18-15(11-19-24-18)14-7-5-4-6-8-14/h4-11,20H,1-3H3. The average Bonchev–Trinajstić information content (AvgIpc) is 3.05. The topological polar surface area (TPSA) is 81.4 Å². The number of hydrogen-bond acceptors (Lipinski definition) is 5. The van der Waals surface area contributed by atoms with Crippen LogP contribution in [0.5, 0.6) is 5.75 Å². The Labute approximate surface area is 146 Å². The van der Waals surface area contributed by atoms with E-state index in [-0.39, 0.29) is 16.5 Å². The van der Waals surface area contributed by atoms with Crippen LogP contribution in [0.2, 0.25) is 0 Å². The highest BCUT2D eigenvalue weighted by atomic mass is 32.2. The minimum absolute atomic E-state index is 0.0495. The molecule has 0 spiro atoms. The molecule has 2 aromatic carbocycles. The number of benzene rings is 2. The molecular weight excluding hydrogens is 340 g/mol. The van der Waals surface area contributed by atoms with Crippen LogP contribution in [0.4, 0.5) is 5.88 Å². The highest BCUT2D eigenvalue weighted by Crippen LogP contribution is 2.32. The van der Waals surface area contributed by atoms with Crippen LogP contribution in [0.15, 0.2) is 58.1 Å². The molecule has 3 rings (SSSR count). The largest absolute Gasteiger partial charge is 0.495 e. The fourth-order valence-electron chi connectivity index (χ4n) is 2.45. The summed E-state index contributed by atoms with van der Waals surface area (Å²) in [6.07, 6.45) is 1.48. The van der Waals surface area contributed by atoms with E-state index in [0.29, 0.717) is 5.56 Å². The lowest BCUT2D eigenvalue weighted by Gasteiger charge is -2.13. The quantitative estimate of drug-likeness (QED) is 0.751. The van der Waals surface area contributed by atoms with E-state index in [9.17, 15) is 8.42 Å². The van der Waals surface area contributed by atoms with Crippen molar-refractivity contribution in [3.05, 3.63) is 59.8 Å². The second-order valence-electron chi connectivity index (χ2n) is 5.63. The molecule has 0 aliphatic heterocycles. The lowest BCUT2D eigenvalue weighted by molar-refractivity contribution is 0.402. The molecule has 0 bridgehead atoms. The first-order valence-corrected chi connectivity index (χ1v) is 9.09. The third kappa shape index (κ3) is 3.36. The highest BCUT2D eigenvalue weighted by molar-refractivity contribution is 7.92. The monoisotopic (exact) mass is 358 g/mol. The van der Waals surface area contributed by atoms with Gasteiger partial charge in [-0.3, -0.25) is 0 Å². The van der Waals surface area contributed by atoms with Crippen molar-refractivity contribution >= 4 is 15.9 Å². The van der Waals surface area contributed by atoms with Crippen LogP contribution in [-0.4, -0.2) is 20.7 Å². The summed E-state index contributed by atoms with van der Waals surface area (Å²) in [7, 11) is -2.47. The Morgan fingerprint density at radius 1 is 1.08 bits per heavy atom. The third-order valence-corrected chi connectivity index (χ3v) is 5.30. The number of rotatable bonds is 5. The molecule has 3 aromatic rings. The number of aryl methyl sites for hydroxylation is 2. The van der Waals surface area contributed by atoms with Crippen LogP contribution in [0, 0.1) is 13.8 Å². The molecule has 7 heteroatoms. The maximum atomic E-state index is 12.8. The summed E-state index contributed by atoms with van der Waals surface area (Å²) in [6, 6.07) is 12.6. The molecule has 0 amide bonds. The summed E-state index contributed by atoms with van der Waals surface area (Å²) in [4.78, 5) is 0.0495. The van der Waals surface area contributed by atoms with E-state index in [1.165, 1.54) is 13.3 Å². The predicted octanol–water partition coefficient (Wildman–Crippen LogP) is 3.77. The van der Waals surface area contributed by atoms with Crippen LogP contribution in [0.25, 0.3) is 11.1 Å². The zero-order valence-electron chi connectivity index (χ0n) is 14.1. The average molecular weight is 358 g/mol. The number of hydrogen-bond donors (Lipinski definition) is 1. The van der Waals surface area contributed by atoms with Gasteiger partial charge >= 0.3 is 0 Å². The minimum Gasteiger partial charge on any atom is -0.495 e. The second kappa shape index (κ2) is 6.60. The van der Waals surface area contributed by atoms with Crippen LogP contribution in [0.3, 0.4) is 0 Å². The van der Waals surface area contributed by atoms with Crippen LogP contribution in [-0.2, 0) is 10.0 Å². The van der Waals surface area contributed by atoms with Gasteiger partial charge in [-0.15, -0.1) is 0 Å². The third-order valence-electron chi connectivity index (χ3n) is 3.95. The smallest absolute Gasteiger partial charge is 0.267 e. The van der Waals surface area contributed by atoms with Gasteiger partial charge in [-0.05, 0) is 42.7 Å². The van der Waals surface area contributed by atoms with Crippen molar-refractivity contribution in [1.82, 2.24) is 5.16 Å². The Bertz CT molecular complexity index is 995. The summed E-state index contributed by atoms with van der Waals surface area (Å²) in [5.41, 5.74) is 3.16. The SMILES string of the molecule is COc1cc(C)c(C)cc1S(=O)(=O)Nc1oncc1-c1ccccc1. The Morgan fingerprint density at radius 2 is 1.76 bits per heavy atom. The van der Waals surface area contributed by atoms with Gasteiger partial charge in [0, 0.05) is 0 Å². The predicted molar refractivity (Wildman–Crippen MR) is 95.2 cm³/mol.